The third-order valence-corrected chi connectivity index (χ3v) is 5.36. The minimum atomic E-state index is 0.0795. The first-order chi connectivity index (χ1) is 10.6. The molecule has 1 aromatic carbocycles. The third kappa shape index (κ3) is 3.38. The molecule has 0 amide bonds. The molecule has 0 spiro atoms. The van der Waals surface area contributed by atoms with Crippen molar-refractivity contribution in [3.8, 4) is 16.3 Å². The van der Waals surface area contributed by atoms with E-state index in [1.807, 2.05) is 31.2 Å². The molecule has 2 aromatic rings. The van der Waals surface area contributed by atoms with Gasteiger partial charge in [-0.25, -0.2) is 4.98 Å². The lowest BCUT2D eigenvalue weighted by molar-refractivity contribution is 0.102. The molecule has 0 saturated heterocycles. The van der Waals surface area contributed by atoms with Gasteiger partial charge in [-0.1, -0.05) is 18.6 Å². The largest absolute Gasteiger partial charge is 0.490 e. The summed E-state index contributed by atoms with van der Waals surface area (Å²) in [6.07, 6.45) is 6.49. The fraction of sp³-hybridized carbons (Fsp3) is 0.444. The first kappa shape index (κ1) is 15.2. The van der Waals surface area contributed by atoms with Gasteiger partial charge >= 0.3 is 0 Å². The molecule has 1 heterocycles. The van der Waals surface area contributed by atoms with Crippen molar-refractivity contribution in [2.24, 2.45) is 0 Å². The van der Waals surface area contributed by atoms with Gasteiger partial charge in [-0.3, -0.25) is 4.79 Å². The Labute approximate surface area is 135 Å². The van der Waals surface area contributed by atoms with Crippen LogP contribution in [0.25, 0.3) is 10.6 Å². The average Bonchev–Trinajstić information content (AvgIpc) is 2.91. The summed E-state index contributed by atoms with van der Waals surface area (Å²) < 4.78 is 6.11. The van der Waals surface area contributed by atoms with Crippen molar-refractivity contribution in [3.05, 3.63) is 34.8 Å². The van der Waals surface area contributed by atoms with Crippen molar-refractivity contribution in [1.29, 1.82) is 0 Å². The van der Waals surface area contributed by atoms with Crippen LogP contribution in [0, 0.1) is 6.92 Å². The van der Waals surface area contributed by atoms with Crippen LogP contribution < -0.4 is 4.74 Å². The van der Waals surface area contributed by atoms with Crippen molar-refractivity contribution >= 4 is 17.1 Å². The van der Waals surface area contributed by atoms with Gasteiger partial charge in [0.1, 0.15) is 10.8 Å². The Morgan fingerprint density at radius 1 is 1.27 bits per heavy atom. The van der Waals surface area contributed by atoms with Crippen molar-refractivity contribution in [1.82, 2.24) is 4.98 Å². The quantitative estimate of drug-likeness (QED) is 0.743. The standard InChI is InChI=1S/C18H21NO2S/c1-12-17(13(2)20)22-18(19-12)14-7-6-10-16(11-14)21-15-8-4-3-5-9-15/h6-7,10-11,15H,3-5,8-9H2,1-2H3. The van der Waals surface area contributed by atoms with Crippen molar-refractivity contribution in [2.45, 2.75) is 52.1 Å². The molecule has 0 N–H and O–H groups in total. The minimum Gasteiger partial charge on any atom is -0.490 e. The second-order valence-electron chi connectivity index (χ2n) is 5.90. The van der Waals surface area contributed by atoms with Crippen LogP contribution >= 0.6 is 11.3 Å². The molecule has 0 aliphatic heterocycles. The second-order valence-corrected chi connectivity index (χ2v) is 6.89. The summed E-state index contributed by atoms with van der Waals surface area (Å²) in [5.41, 5.74) is 1.83. The summed E-state index contributed by atoms with van der Waals surface area (Å²) in [6.45, 7) is 3.48. The lowest BCUT2D eigenvalue weighted by Crippen LogP contribution is -2.19. The Kier molecular flexibility index (Phi) is 4.57. The summed E-state index contributed by atoms with van der Waals surface area (Å²) >= 11 is 1.46. The van der Waals surface area contributed by atoms with Crippen molar-refractivity contribution in [2.75, 3.05) is 0 Å². The number of nitrogens with zero attached hydrogens (tertiary/aromatic N) is 1. The van der Waals surface area contributed by atoms with Crippen LogP contribution in [-0.4, -0.2) is 16.9 Å². The number of thiazole rings is 1. The van der Waals surface area contributed by atoms with Crippen molar-refractivity contribution < 1.29 is 9.53 Å². The molecule has 1 fully saturated rings. The summed E-state index contributed by atoms with van der Waals surface area (Å²) in [4.78, 5) is 16.9. The van der Waals surface area contributed by atoms with E-state index in [0.717, 1.165) is 39.7 Å². The Hall–Kier alpha value is -1.68. The van der Waals surface area contributed by atoms with E-state index in [1.54, 1.807) is 6.92 Å². The van der Waals surface area contributed by atoms with Crippen LogP contribution in [0.3, 0.4) is 0 Å². The number of hydrogen-bond donors (Lipinski definition) is 0. The Balaban J connectivity index is 1.81. The predicted octanol–water partition coefficient (Wildman–Crippen LogP) is 5.03. The molecule has 0 bridgehead atoms. The lowest BCUT2D eigenvalue weighted by Gasteiger charge is -2.23. The molecule has 3 rings (SSSR count). The molecule has 0 radical (unpaired) electrons. The molecular weight excluding hydrogens is 294 g/mol. The maximum atomic E-state index is 11.6. The van der Waals surface area contributed by atoms with Gasteiger partial charge in [0.15, 0.2) is 5.78 Å². The molecule has 22 heavy (non-hydrogen) atoms. The van der Waals surface area contributed by atoms with E-state index in [4.69, 9.17) is 4.74 Å². The highest BCUT2D eigenvalue weighted by atomic mass is 32.1. The van der Waals surface area contributed by atoms with Crippen LogP contribution in [0.2, 0.25) is 0 Å². The molecule has 1 aromatic heterocycles. The fourth-order valence-corrected chi connectivity index (χ4v) is 3.88. The number of hydrogen-bond acceptors (Lipinski definition) is 4. The number of carbonyl (C=O) groups excluding carboxylic acids is 1. The highest BCUT2D eigenvalue weighted by Crippen LogP contribution is 2.31. The first-order valence-electron chi connectivity index (χ1n) is 7.89. The molecule has 4 heteroatoms. The molecule has 1 saturated carbocycles. The van der Waals surface area contributed by atoms with E-state index in [1.165, 1.54) is 30.6 Å². The Bertz CT molecular complexity index is 671. The number of benzene rings is 1. The van der Waals surface area contributed by atoms with Crippen LogP contribution in [0.5, 0.6) is 5.75 Å². The average molecular weight is 315 g/mol. The molecular formula is C18H21NO2S. The number of carbonyl (C=O) groups is 1. The Morgan fingerprint density at radius 3 is 2.73 bits per heavy atom. The van der Waals surface area contributed by atoms with Gasteiger partial charge in [0.05, 0.1) is 16.7 Å². The maximum Gasteiger partial charge on any atom is 0.171 e. The van der Waals surface area contributed by atoms with E-state index in [0.29, 0.717) is 6.10 Å². The highest BCUT2D eigenvalue weighted by molar-refractivity contribution is 7.17. The predicted molar refractivity (Wildman–Crippen MR) is 89.8 cm³/mol. The van der Waals surface area contributed by atoms with Gasteiger partial charge in [0, 0.05) is 12.5 Å². The zero-order valence-corrected chi connectivity index (χ0v) is 13.9. The molecule has 1 aliphatic rings. The number of ketones is 1. The van der Waals surface area contributed by atoms with Crippen molar-refractivity contribution in [3.63, 3.8) is 0 Å². The highest BCUT2D eigenvalue weighted by Gasteiger charge is 2.16. The minimum absolute atomic E-state index is 0.0795. The topological polar surface area (TPSA) is 39.2 Å². The van der Waals surface area contributed by atoms with Crippen LogP contribution in [0.4, 0.5) is 0 Å². The lowest BCUT2D eigenvalue weighted by atomic mass is 9.98. The smallest absolute Gasteiger partial charge is 0.171 e. The van der Waals surface area contributed by atoms with Crippen LogP contribution in [-0.2, 0) is 0 Å². The SMILES string of the molecule is CC(=O)c1sc(-c2cccc(OC3CCCCC3)c2)nc1C. The van der Waals surface area contributed by atoms with E-state index < -0.39 is 0 Å². The van der Waals surface area contributed by atoms with E-state index in [2.05, 4.69) is 4.98 Å². The van der Waals surface area contributed by atoms with E-state index in [-0.39, 0.29) is 5.78 Å². The number of ether oxygens (including phenoxy) is 1. The van der Waals surface area contributed by atoms with Gasteiger partial charge in [0.25, 0.3) is 0 Å². The number of aromatic nitrogens is 1. The number of aryl methyl sites for hydroxylation is 1. The number of rotatable bonds is 4. The van der Waals surface area contributed by atoms with E-state index >= 15 is 0 Å². The summed E-state index contributed by atoms with van der Waals surface area (Å²) in [5, 5.41) is 0.886. The van der Waals surface area contributed by atoms with Gasteiger partial charge in [-0.2, -0.15) is 0 Å². The fourth-order valence-electron chi connectivity index (χ4n) is 2.92. The maximum absolute atomic E-state index is 11.6. The monoisotopic (exact) mass is 315 g/mol. The molecule has 1 aliphatic carbocycles. The third-order valence-electron chi connectivity index (χ3n) is 4.05. The van der Waals surface area contributed by atoms with Gasteiger partial charge in [-0.15, -0.1) is 11.3 Å². The first-order valence-corrected chi connectivity index (χ1v) is 8.70. The van der Waals surface area contributed by atoms with Crippen LogP contribution in [0.1, 0.15) is 54.4 Å². The van der Waals surface area contributed by atoms with Crippen LogP contribution in [0.15, 0.2) is 24.3 Å². The molecule has 116 valence electrons. The zero-order chi connectivity index (χ0) is 15.5. The van der Waals surface area contributed by atoms with Gasteiger partial charge < -0.3 is 4.74 Å². The molecule has 0 atom stereocenters. The van der Waals surface area contributed by atoms with Gasteiger partial charge in [-0.05, 0) is 44.7 Å². The normalized spacial score (nSPS) is 15.7. The molecule has 3 nitrogen and oxygen atoms in total. The molecule has 0 unspecified atom stereocenters. The zero-order valence-electron chi connectivity index (χ0n) is 13.1. The second kappa shape index (κ2) is 6.61. The summed E-state index contributed by atoms with van der Waals surface area (Å²) in [6, 6.07) is 8.06. The van der Waals surface area contributed by atoms with E-state index in [9.17, 15) is 4.79 Å². The Morgan fingerprint density at radius 2 is 2.05 bits per heavy atom. The summed E-state index contributed by atoms with van der Waals surface area (Å²) in [7, 11) is 0. The van der Waals surface area contributed by atoms with Gasteiger partial charge in [0.2, 0.25) is 0 Å². The summed E-state index contributed by atoms with van der Waals surface area (Å²) in [5.74, 6) is 0.984. The number of Topliss-reactive ketones (excluding diaryl/α,β-unsaturated/α-hetero) is 1.